The molecule has 4 aromatic heterocycles. The number of ether oxygens (including phenoxy) is 1. The van der Waals surface area contributed by atoms with Gasteiger partial charge in [-0.25, -0.2) is 14.6 Å². The van der Waals surface area contributed by atoms with Crippen molar-refractivity contribution in [3.8, 4) is 11.5 Å². The number of pyridine rings is 2. The summed E-state index contributed by atoms with van der Waals surface area (Å²) in [5.74, 6) is 1.28. The van der Waals surface area contributed by atoms with E-state index in [0.717, 1.165) is 5.56 Å². The maximum Gasteiger partial charge on any atom is 0.278 e. The Hall–Kier alpha value is -4.55. The third-order valence-corrected chi connectivity index (χ3v) is 6.02. The van der Waals surface area contributed by atoms with Crippen molar-refractivity contribution in [2.24, 2.45) is 0 Å². The van der Waals surface area contributed by atoms with E-state index in [1.54, 1.807) is 31.5 Å². The van der Waals surface area contributed by atoms with Gasteiger partial charge in [0.15, 0.2) is 12.0 Å². The molecule has 0 saturated heterocycles. The number of aliphatic hydroxyl groups excluding tert-OH is 1. The number of aliphatic hydroxyl groups is 1. The second-order valence-electron chi connectivity index (χ2n) is 8.91. The van der Waals surface area contributed by atoms with E-state index in [0.29, 0.717) is 33.9 Å². The number of rotatable bonds is 10. The second-order valence-corrected chi connectivity index (χ2v) is 8.91. The van der Waals surface area contributed by atoms with Crippen LogP contribution in [0.3, 0.4) is 0 Å². The van der Waals surface area contributed by atoms with Crippen molar-refractivity contribution in [1.29, 1.82) is 0 Å². The number of methoxy groups -OCH3 is 1. The summed E-state index contributed by atoms with van der Waals surface area (Å²) in [6.07, 6.45) is 2.92. The second kappa shape index (κ2) is 10.8. The van der Waals surface area contributed by atoms with Gasteiger partial charge in [-0.3, -0.25) is 9.48 Å². The van der Waals surface area contributed by atoms with Crippen LogP contribution in [0, 0.1) is 0 Å². The molecule has 0 amide bonds. The van der Waals surface area contributed by atoms with Crippen molar-refractivity contribution in [1.82, 2.24) is 29.5 Å². The normalized spacial score (nSPS) is 12.2. The zero-order valence-electron chi connectivity index (χ0n) is 21.2. The molecule has 196 valence electrons. The summed E-state index contributed by atoms with van der Waals surface area (Å²) in [7, 11) is 1.55. The van der Waals surface area contributed by atoms with Gasteiger partial charge in [0.2, 0.25) is 0 Å². The first-order valence-electron chi connectivity index (χ1n) is 12.1. The summed E-state index contributed by atoms with van der Waals surface area (Å²) in [5, 5.41) is 20.9. The van der Waals surface area contributed by atoms with Gasteiger partial charge in [0.25, 0.3) is 11.4 Å². The topological polar surface area (TPSA) is 145 Å². The minimum atomic E-state index is -0.386. The van der Waals surface area contributed by atoms with Gasteiger partial charge in [0, 0.05) is 25.4 Å². The van der Waals surface area contributed by atoms with Crippen LogP contribution in [0.1, 0.15) is 31.5 Å². The number of aromatic nitrogens is 6. The lowest BCUT2D eigenvalue weighted by atomic mass is 10.1. The predicted octanol–water partition coefficient (Wildman–Crippen LogP) is 3.72. The quantitative estimate of drug-likeness (QED) is 0.251. The summed E-state index contributed by atoms with van der Waals surface area (Å²) in [6, 6.07) is 14.5. The standard InChI is InChI=1S/C26H28N8O4/c1-16(2)34-24-18(26(36)33(34)15-37-3)9-10-22(32-24)31-23-11-20(19(12-27-23)25-28-14-29-38-25)30-21(13-35)17-7-5-4-6-8-17/h4-12,14,16,21,35H,13,15H2,1-3H3,(H2,27,30,31,32)/t21-/m1/s1. The molecule has 0 aliphatic rings. The van der Waals surface area contributed by atoms with Gasteiger partial charge < -0.3 is 25.0 Å². The van der Waals surface area contributed by atoms with Crippen LogP contribution in [0.5, 0.6) is 0 Å². The van der Waals surface area contributed by atoms with Crippen LogP contribution in [0.2, 0.25) is 0 Å². The molecule has 5 rings (SSSR count). The SMILES string of the molecule is COCn1c(=O)c2ccc(Nc3cc(N[C@H](CO)c4ccccc4)c(-c4ncno4)cn3)nc2n1C(C)C. The highest BCUT2D eigenvalue weighted by atomic mass is 16.5. The number of fused-ring (bicyclic) bond motifs is 1. The summed E-state index contributed by atoms with van der Waals surface area (Å²) in [6.45, 7) is 3.94. The number of hydrogen-bond acceptors (Lipinski definition) is 10. The smallest absolute Gasteiger partial charge is 0.278 e. The van der Waals surface area contributed by atoms with E-state index in [1.807, 2.05) is 48.9 Å². The fourth-order valence-corrected chi connectivity index (χ4v) is 4.32. The minimum Gasteiger partial charge on any atom is -0.394 e. The van der Waals surface area contributed by atoms with Gasteiger partial charge in [-0.05, 0) is 31.5 Å². The Morgan fingerprint density at radius 3 is 2.61 bits per heavy atom. The van der Waals surface area contributed by atoms with Gasteiger partial charge >= 0.3 is 0 Å². The average molecular weight is 517 g/mol. The third kappa shape index (κ3) is 4.86. The minimum absolute atomic E-state index is 0.0193. The number of nitrogens with zero attached hydrogens (tertiary/aromatic N) is 6. The Morgan fingerprint density at radius 1 is 1.11 bits per heavy atom. The highest BCUT2D eigenvalue weighted by Gasteiger charge is 2.19. The molecular formula is C26H28N8O4. The molecule has 0 fully saturated rings. The maximum absolute atomic E-state index is 12.9. The molecule has 0 bridgehead atoms. The van der Waals surface area contributed by atoms with E-state index in [-0.39, 0.29) is 36.9 Å². The average Bonchev–Trinajstić information content (AvgIpc) is 3.55. The Balaban J connectivity index is 1.52. The fourth-order valence-electron chi connectivity index (χ4n) is 4.32. The number of nitrogens with one attached hydrogen (secondary N) is 2. The number of hydrogen-bond donors (Lipinski definition) is 3. The molecule has 12 nitrogen and oxygen atoms in total. The zero-order chi connectivity index (χ0) is 26.6. The monoisotopic (exact) mass is 516 g/mol. The molecule has 1 aromatic carbocycles. The van der Waals surface area contributed by atoms with Crippen molar-refractivity contribution in [3.63, 3.8) is 0 Å². The summed E-state index contributed by atoms with van der Waals surface area (Å²) >= 11 is 0. The molecule has 0 unspecified atom stereocenters. The van der Waals surface area contributed by atoms with Gasteiger partial charge in [-0.2, -0.15) is 4.98 Å². The first kappa shape index (κ1) is 25.1. The lowest BCUT2D eigenvalue weighted by Crippen LogP contribution is -2.25. The molecule has 4 heterocycles. The zero-order valence-corrected chi connectivity index (χ0v) is 21.2. The Kier molecular flexibility index (Phi) is 7.15. The molecule has 1 atom stereocenters. The lowest BCUT2D eigenvalue weighted by Gasteiger charge is -2.20. The summed E-state index contributed by atoms with van der Waals surface area (Å²) in [4.78, 5) is 26.3. The molecule has 5 aromatic rings. The van der Waals surface area contributed by atoms with E-state index in [9.17, 15) is 9.90 Å². The Bertz CT molecular complexity index is 1580. The molecule has 0 radical (unpaired) electrons. The highest BCUT2D eigenvalue weighted by Crippen LogP contribution is 2.31. The van der Waals surface area contributed by atoms with Crippen LogP contribution in [0.4, 0.5) is 17.3 Å². The van der Waals surface area contributed by atoms with Crippen LogP contribution in [-0.2, 0) is 11.5 Å². The molecule has 0 spiro atoms. The van der Waals surface area contributed by atoms with Gasteiger partial charge in [-0.15, -0.1) is 0 Å². The van der Waals surface area contributed by atoms with E-state index < -0.39 is 0 Å². The van der Waals surface area contributed by atoms with Crippen LogP contribution < -0.4 is 16.2 Å². The van der Waals surface area contributed by atoms with Crippen LogP contribution in [0.25, 0.3) is 22.5 Å². The van der Waals surface area contributed by atoms with Crippen LogP contribution in [-0.4, -0.2) is 48.3 Å². The molecule has 12 heteroatoms. The molecule has 38 heavy (non-hydrogen) atoms. The van der Waals surface area contributed by atoms with Crippen molar-refractivity contribution in [2.75, 3.05) is 24.4 Å². The predicted molar refractivity (Wildman–Crippen MR) is 142 cm³/mol. The highest BCUT2D eigenvalue weighted by molar-refractivity contribution is 5.79. The van der Waals surface area contributed by atoms with Crippen molar-refractivity contribution < 1.29 is 14.4 Å². The van der Waals surface area contributed by atoms with E-state index in [1.165, 1.54) is 11.0 Å². The van der Waals surface area contributed by atoms with Crippen LogP contribution >= 0.6 is 0 Å². The number of anilines is 3. The van der Waals surface area contributed by atoms with Gasteiger partial charge in [-0.1, -0.05) is 35.5 Å². The van der Waals surface area contributed by atoms with E-state index in [2.05, 4.69) is 25.8 Å². The Morgan fingerprint density at radius 2 is 1.92 bits per heavy atom. The molecule has 0 saturated carbocycles. The van der Waals surface area contributed by atoms with E-state index >= 15 is 0 Å². The first-order valence-corrected chi connectivity index (χ1v) is 12.1. The molecule has 0 aliphatic carbocycles. The van der Waals surface area contributed by atoms with Gasteiger partial charge in [0.05, 0.1) is 29.3 Å². The van der Waals surface area contributed by atoms with Crippen molar-refractivity contribution >= 4 is 28.4 Å². The summed E-state index contributed by atoms with van der Waals surface area (Å²) in [5.41, 5.74) is 2.49. The molecule has 0 aliphatic heterocycles. The lowest BCUT2D eigenvalue weighted by molar-refractivity contribution is 0.103. The maximum atomic E-state index is 12.9. The fraction of sp³-hybridized carbons (Fsp3) is 0.269. The van der Waals surface area contributed by atoms with Crippen molar-refractivity contribution in [2.45, 2.75) is 32.7 Å². The van der Waals surface area contributed by atoms with E-state index in [4.69, 9.17) is 14.2 Å². The van der Waals surface area contributed by atoms with Gasteiger partial charge in [0.1, 0.15) is 18.4 Å². The largest absolute Gasteiger partial charge is 0.394 e. The number of benzene rings is 1. The molecule has 3 N–H and O–H groups in total. The third-order valence-electron chi connectivity index (χ3n) is 6.02. The van der Waals surface area contributed by atoms with Crippen molar-refractivity contribution in [3.05, 3.63) is 77.0 Å². The summed E-state index contributed by atoms with van der Waals surface area (Å²) < 4.78 is 13.9. The first-order chi connectivity index (χ1) is 18.5. The van der Waals surface area contributed by atoms with Crippen LogP contribution in [0.15, 0.2) is 70.4 Å². The Labute approximate surface area is 217 Å². The molecular weight excluding hydrogens is 488 g/mol.